The molecule has 7 heteroatoms. The number of likely N-dealkylation sites (N-methyl/N-ethyl adjacent to an activating group) is 1. The molecule has 1 aromatic carbocycles. The van der Waals surface area contributed by atoms with Crippen molar-refractivity contribution in [3.8, 4) is 0 Å². The summed E-state index contributed by atoms with van der Waals surface area (Å²) in [6.45, 7) is 7.10. The second kappa shape index (κ2) is 8.29. The zero-order valence-electron chi connectivity index (χ0n) is 15.6. The van der Waals surface area contributed by atoms with E-state index < -0.39 is 10.0 Å². The van der Waals surface area contributed by atoms with Gasteiger partial charge in [0, 0.05) is 32.1 Å². The van der Waals surface area contributed by atoms with Gasteiger partial charge < -0.3 is 10.2 Å². The highest BCUT2D eigenvalue weighted by Gasteiger charge is 2.24. The molecule has 1 saturated heterocycles. The van der Waals surface area contributed by atoms with E-state index in [1.54, 1.807) is 13.8 Å². The lowest BCUT2D eigenvalue weighted by Crippen LogP contribution is -2.47. The van der Waals surface area contributed by atoms with E-state index in [-0.39, 0.29) is 18.9 Å². The molecule has 2 rings (SSSR count). The largest absolute Gasteiger partial charge is 0.341 e. The molecule has 140 valence electrons. The Labute approximate surface area is 151 Å². The summed E-state index contributed by atoms with van der Waals surface area (Å²) in [6, 6.07) is 4.05. The summed E-state index contributed by atoms with van der Waals surface area (Å²) in [4.78, 5) is 14.5. The zero-order valence-corrected chi connectivity index (χ0v) is 16.4. The van der Waals surface area contributed by atoms with E-state index in [0.29, 0.717) is 17.5 Å². The second-order valence-corrected chi connectivity index (χ2v) is 8.55. The van der Waals surface area contributed by atoms with Crippen LogP contribution < -0.4 is 10.0 Å². The van der Waals surface area contributed by atoms with Gasteiger partial charge in [0.1, 0.15) is 0 Å². The Balaban J connectivity index is 1.96. The van der Waals surface area contributed by atoms with E-state index in [0.717, 1.165) is 36.1 Å². The monoisotopic (exact) mass is 367 g/mol. The van der Waals surface area contributed by atoms with Gasteiger partial charge in [-0.05, 0) is 51.8 Å². The molecule has 0 radical (unpaired) electrons. The van der Waals surface area contributed by atoms with Gasteiger partial charge in [0.25, 0.3) is 0 Å². The molecule has 0 aliphatic carbocycles. The molecular formula is C18H29N3O3S. The van der Waals surface area contributed by atoms with Gasteiger partial charge in [0.15, 0.2) is 0 Å². The number of rotatable bonds is 6. The number of benzene rings is 1. The first-order valence-electron chi connectivity index (χ1n) is 8.77. The van der Waals surface area contributed by atoms with E-state index in [2.05, 4.69) is 10.0 Å². The minimum atomic E-state index is -3.61. The van der Waals surface area contributed by atoms with Gasteiger partial charge in [-0.25, -0.2) is 13.1 Å². The Bertz CT molecular complexity index is 708. The third-order valence-electron chi connectivity index (χ3n) is 4.69. The van der Waals surface area contributed by atoms with E-state index >= 15 is 0 Å². The summed E-state index contributed by atoms with van der Waals surface area (Å²) in [5.41, 5.74) is 2.49. The molecule has 6 nitrogen and oxygen atoms in total. The average molecular weight is 368 g/mol. The Morgan fingerprint density at radius 1 is 1.24 bits per heavy atom. The maximum absolute atomic E-state index is 12.6. The van der Waals surface area contributed by atoms with Gasteiger partial charge in [-0.1, -0.05) is 17.7 Å². The first kappa shape index (κ1) is 19.9. The molecule has 1 aromatic rings. The van der Waals surface area contributed by atoms with Crippen molar-refractivity contribution in [2.24, 2.45) is 0 Å². The van der Waals surface area contributed by atoms with Crippen molar-refractivity contribution < 1.29 is 13.2 Å². The number of hydrogen-bond donors (Lipinski definition) is 2. The molecule has 1 fully saturated rings. The number of carbonyl (C=O) groups is 1. The number of nitrogens with zero attached hydrogens (tertiary/aromatic N) is 1. The number of piperidine rings is 1. The first-order valence-corrected chi connectivity index (χ1v) is 10.3. The van der Waals surface area contributed by atoms with Gasteiger partial charge in [-0.2, -0.15) is 0 Å². The third kappa shape index (κ3) is 5.03. The fourth-order valence-electron chi connectivity index (χ4n) is 3.55. The van der Waals surface area contributed by atoms with Crippen LogP contribution in [-0.4, -0.2) is 51.9 Å². The zero-order chi connectivity index (χ0) is 18.6. The lowest BCUT2D eigenvalue weighted by molar-refractivity contribution is -0.132. The number of aryl methyl sites for hydroxylation is 3. The Hall–Kier alpha value is -1.44. The SMILES string of the molecule is CNC1CCCN(C(=O)CCNS(=O)(=O)c2c(C)cc(C)cc2C)C1. The lowest BCUT2D eigenvalue weighted by Gasteiger charge is -2.32. The molecule has 1 aliphatic rings. The van der Waals surface area contributed by atoms with Gasteiger partial charge in [0.05, 0.1) is 4.90 Å². The van der Waals surface area contributed by atoms with Gasteiger partial charge in [0.2, 0.25) is 15.9 Å². The van der Waals surface area contributed by atoms with Gasteiger partial charge in [-0.15, -0.1) is 0 Å². The predicted molar refractivity (Wildman–Crippen MR) is 99.1 cm³/mol. The van der Waals surface area contributed by atoms with E-state index in [9.17, 15) is 13.2 Å². The van der Waals surface area contributed by atoms with Crippen LogP contribution in [0, 0.1) is 20.8 Å². The summed E-state index contributed by atoms with van der Waals surface area (Å²) in [5.74, 6) is 0.000000000000000666. The highest BCUT2D eigenvalue weighted by Crippen LogP contribution is 2.21. The number of carbonyl (C=O) groups excluding carboxylic acids is 1. The molecule has 1 atom stereocenters. The Morgan fingerprint density at radius 2 is 1.88 bits per heavy atom. The smallest absolute Gasteiger partial charge is 0.241 e. The highest BCUT2D eigenvalue weighted by molar-refractivity contribution is 7.89. The predicted octanol–water partition coefficient (Wildman–Crippen LogP) is 1.49. The van der Waals surface area contributed by atoms with Crippen LogP contribution in [0.25, 0.3) is 0 Å². The van der Waals surface area contributed by atoms with Crippen LogP contribution in [0.5, 0.6) is 0 Å². The lowest BCUT2D eigenvalue weighted by atomic mass is 10.1. The molecular weight excluding hydrogens is 338 g/mol. The summed E-state index contributed by atoms with van der Waals surface area (Å²) >= 11 is 0. The quantitative estimate of drug-likeness (QED) is 0.798. The van der Waals surface area contributed by atoms with E-state index in [1.807, 2.05) is 31.0 Å². The molecule has 1 aliphatic heterocycles. The summed E-state index contributed by atoms with van der Waals surface area (Å²) in [6.07, 6.45) is 2.23. The molecule has 1 amide bonds. The van der Waals surface area contributed by atoms with Crippen LogP contribution in [0.15, 0.2) is 17.0 Å². The fourth-order valence-corrected chi connectivity index (χ4v) is 5.03. The van der Waals surface area contributed by atoms with Crippen LogP contribution in [0.1, 0.15) is 36.0 Å². The number of hydrogen-bond acceptors (Lipinski definition) is 4. The number of amides is 1. The van der Waals surface area contributed by atoms with Gasteiger partial charge in [-0.3, -0.25) is 4.79 Å². The summed E-state index contributed by atoms with van der Waals surface area (Å²) in [5, 5.41) is 3.20. The van der Waals surface area contributed by atoms with Crippen molar-refractivity contribution in [3.63, 3.8) is 0 Å². The Kier molecular flexibility index (Phi) is 6.59. The van der Waals surface area contributed by atoms with Crippen LogP contribution in [0.3, 0.4) is 0 Å². The molecule has 2 N–H and O–H groups in total. The first-order chi connectivity index (χ1) is 11.7. The minimum absolute atomic E-state index is 0.000000000000000666. The molecule has 0 spiro atoms. The summed E-state index contributed by atoms with van der Waals surface area (Å²) < 4.78 is 27.8. The topological polar surface area (TPSA) is 78.5 Å². The van der Waals surface area contributed by atoms with E-state index in [1.165, 1.54) is 0 Å². The van der Waals surface area contributed by atoms with Crippen molar-refractivity contribution in [2.75, 3.05) is 26.7 Å². The second-order valence-electron chi connectivity index (χ2n) is 6.84. The molecule has 0 saturated carbocycles. The normalized spacial score (nSPS) is 18.4. The van der Waals surface area contributed by atoms with E-state index in [4.69, 9.17) is 0 Å². The molecule has 25 heavy (non-hydrogen) atoms. The van der Waals surface area contributed by atoms with Crippen molar-refractivity contribution in [1.29, 1.82) is 0 Å². The maximum Gasteiger partial charge on any atom is 0.241 e. The standard InChI is InChI=1S/C18H29N3O3S/c1-13-10-14(2)18(15(3)11-13)25(23,24)20-8-7-17(22)21-9-5-6-16(12-21)19-4/h10-11,16,19-20H,5-9,12H2,1-4H3. The van der Waals surface area contributed by atoms with Crippen LogP contribution >= 0.6 is 0 Å². The Morgan fingerprint density at radius 3 is 2.48 bits per heavy atom. The molecule has 0 bridgehead atoms. The number of likely N-dealkylation sites (tertiary alicyclic amines) is 1. The van der Waals surface area contributed by atoms with Crippen LogP contribution in [0.2, 0.25) is 0 Å². The van der Waals surface area contributed by atoms with Gasteiger partial charge >= 0.3 is 0 Å². The third-order valence-corrected chi connectivity index (χ3v) is 6.45. The number of sulfonamides is 1. The average Bonchev–Trinajstić information content (AvgIpc) is 2.53. The molecule has 1 heterocycles. The fraction of sp³-hybridized carbons (Fsp3) is 0.611. The summed E-state index contributed by atoms with van der Waals surface area (Å²) in [7, 11) is -1.71. The van der Waals surface area contributed by atoms with Crippen molar-refractivity contribution in [1.82, 2.24) is 14.9 Å². The highest BCUT2D eigenvalue weighted by atomic mass is 32.2. The maximum atomic E-state index is 12.6. The van der Waals surface area contributed by atoms with Crippen molar-refractivity contribution >= 4 is 15.9 Å². The molecule has 1 unspecified atom stereocenters. The minimum Gasteiger partial charge on any atom is -0.341 e. The van der Waals surface area contributed by atoms with Crippen molar-refractivity contribution in [2.45, 2.75) is 51.0 Å². The number of nitrogens with one attached hydrogen (secondary N) is 2. The van der Waals surface area contributed by atoms with Crippen molar-refractivity contribution in [3.05, 3.63) is 28.8 Å². The van der Waals surface area contributed by atoms with Crippen LogP contribution in [0.4, 0.5) is 0 Å². The molecule has 0 aromatic heterocycles. The van der Waals surface area contributed by atoms with Crippen LogP contribution in [-0.2, 0) is 14.8 Å².